The van der Waals surface area contributed by atoms with Crippen molar-refractivity contribution in [2.75, 3.05) is 39.8 Å². The molecule has 7 nitrogen and oxygen atoms in total. The molecule has 0 aromatic heterocycles. The molecule has 0 radical (unpaired) electrons. The molecule has 0 saturated carbocycles. The first-order valence-corrected chi connectivity index (χ1v) is 10.2. The smallest absolute Gasteiger partial charge is 0.316 e. The Kier molecular flexibility index (Phi) is 11.2. The first-order valence-electron chi connectivity index (χ1n) is 10.2. The van der Waals surface area contributed by atoms with Crippen LogP contribution in [0.4, 0.5) is 0 Å². The van der Waals surface area contributed by atoms with Crippen molar-refractivity contribution in [3.8, 4) is 0 Å². The molecule has 1 amide bonds. The predicted octanol–water partition coefficient (Wildman–Crippen LogP) is 1.62. The van der Waals surface area contributed by atoms with E-state index in [0.29, 0.717) is 38.8 Å². The molecule has 27 heavy (non-hydrogen) atoms. The van der Waals surface area contributed by atoms with E-state index in [-0.39, 0.29) is 24.7 Å². The van der Waals surface area contributed by atoms with Crippen LogP contribution < -0.4 is 0 Å². The van der Waals surface area contributed by atoms with Gasteiger partial charge >= 0.3 is 5.97 Å². The van der Waals surface area contributed by atoms with Crippen molar-refractivity contribution in [3.63, 3.8) is 0 Å². The lowest BCUT2D eigenvalue weighted by atomic mass is 9.95. The fourth-order valence-corrected chi connectivity index (χ4v) is 3.26. The van der Waals surface area contributed by atoms with Gasteiger partial charge in [0.2, 0.25) is 5.91 Å². The summed E-state index contributed by atoms with van der Waals surface area (Å²) in [6.45, 7) is 6.54. The van der Waals surface area contributed by atoms with Crippen LogP contribution in [-0.4, -0.2) is 78.5 Å². The summed E-state index contributed by atoms with van der Waals surface area (Å²) in [4.78, 5) is 40.2. The standard InChI is InChI=1S/C20H36N2O5/c1-4-18-19(25)10-9-17(24)8-7-11-21(3)13-14-22(16(2)23)12-5-6-15-27-20(18)26/h17-18,24H,4-15H2,1-3H3/t17-,18?/m1/s1. The highest BCUT2D eigenvalue weighted by Crippen LogP contribution is 2.14. The molecule has 156 valence electrons. The molecule has 0 aromatic carbocycles. The number of ether oxygens (including phenoxy) is 1. The zero-order valence-corrected chi connectivity index (χ0v) is 17.1. The monoisotopic (exact) mass is 384 g/mol. The number of hydrogen-bond acceptors (Lipinski definition) is 6. The maximum absolute atomic E-state index is 12.3. The van der Waals surface area contributed by atoms with Crippen LogP contribution in [0.25, 0.3) is 0 Å². The Balaban J connectivity index is 2.67. The van der Waals surface area contributed by atoms with Gasteiger partial charge in [-0.25, -0.2) is 0 Å². The quantitative estimate of drug-likeness (QED) is 0.546. The van der Waals surface area contributed by atoms with Gasteiger partial charge in [-0.1, -0.05) is 6.92 Å². The van der Waals surface area contributed by atoms with Gasteiger partial charge < -0.3 is 19.6 Å². The number of amides is 1. The minimum atomic E-state index is -0.740. The molecule has 1 unspecified atom stereocenters. The normalized spacial score (nSPS) is 26.1. The van der Waals surface area contributed by atoms with E-state index < -0.39 is 18.0 Å². The lowest BCUT2D eigenvalue weighted by Gasteiger charge is -2.25. The summed E-state index contributed by atoms with van der Waals surface area (Å²) in [5.74, 6) is -1.32. The molecular weight excluding hydrogens is 348 g/mol. The van der Waals surface area contributed by atoms with Crippen LogP contribution in [0, 0.1) is 5.92 Å². The second kappa shape index (κ2) is 12.8. The molecule has 2 atom stereocenters. The first kappa shape index (κ1) is 23.6. The van der Waals surface area contributed by atoms with E-state index in [9.17, 15) is 19.5 Å². The van der Waals surface area contributed by atoms with E-state index in [1.165, 1.54) is 0 Å². The topological polar surface area (TPSA) is 87.2 Å². The average molecular weight is 385 g/mol. The summed E-state index contributed by atoms with van der Waals surface area (Å²) in [6, 6.07) is 0. The van der Waals surface area contributed by atoms with E-state index in [0.717, 1.165) is 25.9 Å². The minimum Gasteiger partial charge on any atom is -0.465 e. The van der Waals surface area contributed by atoms with E-state index in [1.807, 2.05) is 11.9 Å². The molecule has 0 aromatic rings. The number of rotatable bonds is 1. The van der Waals surface area contributed by atoms with Crippen LogP contribution >= 0.6 is 0 Å². The number of carbonyl (C=O) groups excluding carboxylic acids is 3. The SMILES string of the molecule is CCC1C(=O)CC[C@H](O)CCCN(C)CCN(C(C)=O)CCCCOC1=O. The summed E-state index contributed by atoms with van der Waals surface area (Å²) in [7, 11) is 2.01. The molecule has 1 aliphatic heterocycles. The van der Waals surface area contributed by atoms with Crippen LogP contribution in [0.2, 0.25) is 0 Å². The maximum Gasteiger partial charge on any atom is 0.316 e. The third-order valence-corrected chi connectivity index (χ3v) is 5.15. The van der Waals surface area contributed by atoms with Crippen LogP contribution in [0.1, 0.15) is 58.8 Å². The first-order chi connectivity index (χ1) is 12.8. The lowest BCUT2D eigenvalue weighted by molar-refractivity contribution is -0.152. The Morgan fingerprint density at radius 2 is 1.85 bits per heavy atom. The number of aliphatic hydroxyl groups excluding tert-OH is 1. The molecule has 1 heterocycles. The van der Waals surface area contributed by atoms with Gasteiger partial charge in [0.25, 0.3) is 0 Å². The van der Waals surface area contributed by atoms with E-state index in [2.05, 4.69) is 4.90 Å². The molecule has 1 N–H and O–H groups in total. The molecule has 1 aliphatic rings. The van der Waals surface area contributed by atoms with Gasteiger partial charge in [0.15, 0.2) is 0 Å². The summed E-state index contributed by atoms with van der Waals surface area (Å²) >= 11 is 0. The van der Waals surface area contributed by atoms with E-state index in [1.54, 1.807) is 13.8 Å². The Morgan fingerprint density at radius 1 is 1.11 bits per heavy atom. The Labute approximate surface area is 163 Å². The summed E-state index contributed by atoms with van der Waals surface area (Å²) in [6.07, 6.45) is 3.32. The third kappa shape index (κ3) is 9.33. The van der Waals surface area contributed by atoms with Crippen LogP contribution in [0.15, 0.2) is 0 Å². The van der Waals surface area contributed by atoms with E-state index in [4.69, 9.17) is 4.74 Å². The molecule has 1 saturated heterocycles. The van der Waals surface area contributed by atoms with Crippen molar-refractivity contribution in [2.45, 2.75) is 64.9 Å². The van der Waals surface area contributed by atoms with Gasteiger partial charge in [-0.05, 0) is 52.1 Å². The number of Topliss-reactive ketones (excluding diaryl/α,β-unsaturated/α-hetero) is 1. The molecule has 0 bridgehead atoms. The zero-order valence-electron chi connectivity index (χ0n) is 17.1. The number of ketones is 1. The van der Waals surface area contributed by atoms with Crippen molar-refractivity contribution < 1.29 is 24.2 Å². The van der Waals surface area contributed by atoms with E-state index >= 15 is 0 Å². The van der Waals surface area contributed by atoms with Gasteiger partial charge in [0.05, 0.1) is 12.7 Å². The van der Waals surface area contributed by atoms with Gasteiger partial charge in [0, 0.05) is 33.0 Å². The highest BCUT2D eigenvalue weighted by atomic mass is 16.5. The highest BCUT2D eigenvalue weighted by molar-refractivity contribution is 5.98. The summed E-state index contributed by atoms with van der Waals surface area (Å²) in [5, 5.41) is 10.1. The number of hydrogen-bond donors (Lipinski definition) is 1. The Morgan fingerprint density at radius 3 is 2.52 bits per heavy atom. The van der Waals surface area contributed by atoms with Crippen molar-refractivity contribution in [1.82, 2.24) is 9.80 Å². The fraction of sp³-hybridized carbons (Fsp3) is 0.850. The Bertz CT molecular complexity index is 483. The lowest BCUT2D eigenvalue weighted by Crippen LogP contribution is -2.37. The Hall–Kier alpha value is -1.47. The second-order valence-electron chi connectivity index (χ2n) is 7.45. The van der Waals surface area contributed by atoms with Crippen LogP contribution in [0.5, 0.6) is 0 Å². The molecule has 1 rings (SSSR count). The number of likely N-dealkylation sites (N-methyl/N-ethyl adjacent to an activating group) is 1. The molecule has 7 heteroatoms. The third-order valence-electron chi connectivity index (χ3n) is 5.15. The van der Waals surface area contributed by atoms with Crippen molar-refractivity contribution in [2.24, 2.45) is 5.92 Å². The van der Waals surface area contributed by atoms with Crippen LogP contribution in [-0.2, 0) is 19.1 Å². The molecule has 1 fully saturated rings. The number of aliphatic hydroxyl groups is 1. The van der Waals surface area contributed by atoms with Crippen LogP contribution in [0.3, 0.4) is 0 Å². The maximum atomic E-state index is 12.3. The van der Waals surface area contributed by atoms with Gasteiger partial charge in [0.1, 0.15) is 11.7 Å². The predicted molar refractivity (Wildman–Crippen MR) is 103 cm³/mol. The number of esters is 1. The van der Waals surface area contributed by atoms with Crippen molar-refractivity contribution in [3.05, 3.63) is 0 Å². The number of cyclic esters (lactones) is 1. The number of carbonyl (C=O) groups is 3. The van der Waals surface area contributed by atoms with Crippen molar-refractivity contribution >= 4 is 17.7 Å². The van der Waals surface area contributed by atoms with Gasteiger partial charge in [-0.3, -0.25) is 14.4 Å². The zero-order chi connectivity index (χ0) is 20.2. The highest BCUT2D eigenvalue weighted by Gasteiger charge is 2.26. The largest absolute Gasteiger partial charge is 0.465 e. The molecular formula is C20H36N2O5. The van der Waals surface area contributed by atoms with Crippen molar-refractivity contribution in [1.29, 1.82) is 0 Å². The van der Waals surface area contributed by atoms with Gasteiger partial charge in [-0.2, -0.15) is 0 Å². The number of nitrogens with zero attached hydrogens (tertiary/aromatic N) is 2. The summed E-state index contributed by atoms with van der Waals surface area (Å²) in [5.41, 5.74) is 0. The fourth-order valence-electron chi connectivity index (χ4n) is 3.26. The minimum absolute atomic E-state index is 0.0434. The summed E-state index contributed by atoms with van der Waals surface area (Å²) < 4.78 is 5.27. The second-order valence-corrected chi connectivity index (χ2v) is 7.45. The molecule has 0 spiro atoms. The van der Waals surface area contributed by atoms with Gasteiger partial charge in [-0.15, -0.1) is 0 Å². The molecule has 0 aliphatic carbocycles. The average Bonchev–Trinajstić information content (AvgIpc) is 2.61.